The Bertz CT molecular complexity index is 898. The number of sulfonamides is 1. The minimum Gasteiger partial charge on any atom is -0.481 e. The van der Waals surface area contributed by atoms with E-state index in [2.05, 4.69) is 10.3 Å². The highest BCUT2D eigenvalue weighted by Crippen LogP contribution is 2.15. The number of carbonyl (C=O) groups is 2. The fraction of sp³-hybridized carbons (Fsp3) is 0.278. The molecule has 2 rings (SSSR count). The van der Waals surface area contributed by atoms with Crippen molar-refractivity contribution in [3.63, 3.8) is 0 Å². The number of amides is 1. The fourth-order valence-corrected chi connectivity index (χ4v) is 3.42. The maximum Gasteiger partial charge on any atom is 0.306 e. The lowest BCUT2D eigenvalue weighted by atomic mass is 10.0. The second-order valence-electron chi connectivity index (χ2n) is 6.14. The van der Waals surface area contributed by atoms with Crippen molar-refractivity contribution in [2.45, 2.75) is 18.2 Å². The Kier molecular flexibility index (Phi) is 6.65. The molecule has 2 N–H and O–H groups in total. The van der Waals surface area contributed by atoms with E-state index < -0.39 is 27.8 Å². The van der Waals surface area contributed by atoms with Crippen LogP contribution in [0.1, 0.15) is 12.5 Å². The molecule has 0 spiro atoms. The minimum absolute atomic E-state index is 0.0113. The first kappa shape index (κ1) is 20.5. The first-order chi connectivity index (χ1) is 12.7. The molecule has 0 aliphatic heterocycles. The van der Waals surface area contributed by atoms with E-state index in [0.717, 1.165) is 9.87 Å². The monoisotopic (exact) mass is 391 g/mol. The predicted octanol–water partition coefficient (Wildman–Crippen LogP) is 1.60. The largest absolute Gasteiger partial charge is 0.481 e. The van der Waals surface area contributed by atoms with E-state index >= 15 is 0 Å². The highest BCUT2D eigenvalue weighted by Gasteiger charge is 2.23. The molecule has 0 bridgehead atoms. The number of carbonyl (C=O) groups excluding carboxylic acids is 1. The molecule has 0 aliphatic carbocycles. The summed E-state index contributed by atoms with van der Waals surface area (Å²) in [5, 5.41) is 11.6. The lowest BCUT2D eigenvalue weighted by Crippen LogP contribution is -2.35. The van der Waals surface area contributed by atoms with Crippen LogP contribution in [0.15, 0.2) is 53.7 Å². The normalized spacial score (nSPS) is 12.6. The van der Waals surface area contributed by atoms with Crippen LogP contribution in [0.3, 0.4) is 0 Å². The summed E-state index contributed by atoms with van der Waals surface area (Å²) in [6.07, 6.45) is 3.07. The fourth-order valence-electron chi connectivity index (χ4n) is 2.33. The molecule has 0 fully saturated rings. The van der Waals surface area contributed by atoms with Crippen molar-refractivity contribution in [1.29, 1.82) is 0 Å². The van der Waals surface area contributed by atoms with Gasteiger partial charge in [0.05, 0.1) is 12.5 Å². The van der Waals surface area contributed by atoms with Crippen molar-refractivity contribution in [3.8, 4) is 0 Å². The van der Waals surface area contributed by atoms with Crippen LogP contribution < -0.4 is 5.32 Å². The molecule has 1 aromatic heterocycles. The van der Waals surface area contributed by atoms with Crippen molar-refractivity contribution < 1.29 is 23.1 Å². The molecule has 27 heavy (non-hydrogen) atoms. The summed E-state index contributed by atoms with van der Waals surface area (Å²) in [5.41, 5.74) is 1.33. The minimum atomic E-state index is -3.80. The van der Waals surface area contributed by atoms with Gasteiger partial charge in [0, 0.05) is 25.1 Å². The molecule has 1 unspecified atom stereocenters. The molecule has 9 heteroatoms. The van der Waals surface area contributed by atoms with E-state index in [9.17, 15) is 18.0 Å². The van der Waals surface area contributed by atoms with Crippen LogP contribution in [0.25, 0.3) is 0 Å². The number of carboxylic acid groups (broad SMARTS) is 1. The van der Waals surface area contributed by atoms with E-state index in [1.54, 1.807) is 31.2 Å². The van der Waals surface area contributed by atoms with Crippen molar-refractivity contribution in [1.82, 2.24) is 9.29 Å². The van der Waals surface area contributed by atoms with Crippen LogP contribution in [0, 0.1) is 5.92 Å². The van der Waals surface area contributed by atoms with E-state index in [1.165, 1.54) is 31.6 Å². The van der Waals surface area contributed by atoms with Crippen molar-refractivity contribution >= 4 is 27.6 Å². The Morgan fingerprint density at radius 1 is 1.22 bits per heavy atom. The third-order valence-electron chi connectivity index (χ3n) is 3.91. The van der Waals surface area contributed by atoms with Crippen molar-refractivity contribution in [2.24, 2.45) is 5.92 Å². The third kappa shape index (κ3) is 5.60. The molecule has 0 radical (unpaired) electrons. The zero-order valence-electron chi connectivity index (χ0n) is 15.0. The number of nitrogens with zero attached hydrogens (tertiary/aromatic N) is 2. The van der Waals surface area contributed by atoms with E-state index in [0.29, 0.717) is 12.1 Å². The third-order valence-corrected chi connectivity index (χ3v) is 5.70. The van der Waals surface area contributed by atoms with Crippen LogP contribution in [-0.4, -0.2) is 48.3 Å². The van der Waals surface area contributed by atoms with Gasteiger partial charge in [0.25, 0.3) is 0 Å². The molecule has 1 aromatic carbocycles. The molecular weight excluding hydrogens is 370 g/mol. The summed E-state index contributed by atoms with van der Waals surface area (Å²) in [5.74, 6) is -1.86. The molecule has 0 aliphatic rings. The number of likely N-dealkylation sites (N-methyl/N-ethyl adjacent to an activating group) is 1. The van der Waals surface area contributed by atoms with Gasteiger partial charge < -0.3 is 10.4 Å². The number of aliphatic carboxylic acids is 1. The van der Waals surface area contributed by atoms with Gasteiger partial charge in [-0.1, -0.05) is 19.1 Å². The Hall–Kier alpha value is -2.78. The summed E-state index contributed by atoms with van der Waals surface area (Å²) < 4.78 is 25.7. The average molecular weight is 391 g/mol. The molecule has 1 atom stereocenters. The number of carboxylic acids is 1. The zero-order valence-corrected chi connectivity index (χ0v) is 15.8. The lowest BCUT2D eigenvalue weighted by Gasteiger charge is -2.16. The summed E-state index contributed by atoms with van der Waals surface area (Å²) in [7, 11) is -2.48. The number of aromatic nitrogens is 1. The Morgan fingerprint density at radius 2 is 1.89 bits per heavy atom. The predicted molar refractivity (Wildman–Crippen MR) is 99.6 cm³/mol. The van der Waals surface area contributed by atoms with Crippen molar-refractivity contribution in [3.05, 3.63) is 54.4 Å². The quantitative estimate of drug-likeness (QED) is 0.706. The van der Waals surface area contributed by atoms with Gasteiger partial charge in [0.15, 0.2) is 0 Å². The summed E-state index contributed by atoms with van der Waals surface area (Å²) in [6.45, 7) is 1.27. The first-order valence-corrected chi connectivity index (χ1v) is 9.62. The molecule has 2 aromatic rings. The Morgan fingerprint density at radius 3 is 2.44 bits per heavy atom. The average Bonchev–Trinajstić information content (AvgIpc) is 2.63. The van der Waals surface area contributed by atoms with Crippen LogP contribution in [0.4, 0.5) is 5.69 Å². The maximum absolute atomic E-state index is 12.4. The number of pyridine rings is 1. The molecule has 0 saturated carbocycles. The van der Waals surface area contributed by atoms with Gasteiger partial charge >= 0.3 is 5.97 Å². The molecule has 0 saturated heterocycles. The Balaban J connectivity index is 1.96. The molecular formula is C18H21N3O5S. The molecule has 8 nitrogen and oxygen atoms in total. The Labute approximate surface area is 157 Å². The van der Waals surface area contributed by atoms with Crippen LogP contribution in [-0.2, 0) is 26.0 Å². The summed E-state index contributed by atoms with van der Waals surface area (Å²) in [6, 6.07) is 9.67. The highest BCUT2D eigenvalue weighted by atomic mass is 32.2. The van der Waals surface area contributed by atoms with Crippen LogP contribution in [0.5, 0.6) is 0 Å². The SMILES string of the molecule is CC(Cc1ccc(NC(=O)CN(C)S(=O)(=O)c2cccnc2)cc1)C(=O)O. The zero-order chi connectivity index (χ0) is 20.0. The highest BCUT2D eigenvalue weighted by molar-refractivity contribution is 7.89. The number of hydrogen-bond donors (Lipinski definition) is 2. The molecule has 1 amide bonds. The smallest absolute Gasteiger partial charge is 0.306 e. The number of benzene rings is 1. The second-order valence-corrected chi connectivity index (χ2v) is 8.18. The van der Waals surface area contributed by atoms with Gasteiger partial charge in [-0.05, 0) is 36.2 Å². The van der Waals surface area contributed by atoms with Crippen molar-refractivity contribution in [2.75, 3.05) is 18.9 Å². The van der Waals surface area contributed by atoms with Gasteiger partial charge in [-0.15, -0.1) is 0 Å². The number of nitrogens with one attached hydrogen (secondary N) is 1. The van der Waals surface area contributed by atoms with Gasteiger partial charge in [-0.25, -0.2) is 8.42 Å². The molecule has 1 heterocycles. The number of rotatable bonds is 8. The van der Waals surface area contributed by atoms with E-state index in [-0.39, 0.29) is 11.4 Å². The molecule has 144 valence electrons. The van der Waals surface area contributed by atoms with Gasteiger partial charge in [-0.2, -0.15) is 4.31 Å². The first-order valence-electron chi connectivity index (χ1n) is 8.18. The second kappa shape index (κ2) is 8.74. The van der Waals surface area contributed by atoms with Gasteiger partial charge in [0.1, 0.15) is 4.90 Å². The summed E-state index contributed by atoms with van der Waals surface area (Å²) >= 11 is 0. The van der Waals surface area contributed by atoms with Crippen LogP contribution >= 0.6 is 0 Å². The summed E-state index contributed by atoms with van der Waals surface area (Å²) in [4.78, 5) is 26.8. The standard InChI is InChI=1S/C18H21N3O5S/c1-13(18(23)24)10-14-5-7-15(8-6-14)20-17(22)12-21(2)27(25,26)16-4-3-9-19-11-16/h3-9,11,13H,10,12H2,1-2H3,(H,20,22)(H,23,24). The number of anilines is 1. The van der Waals surface area contributed by atoms with E-state index in [4.69, 9.17) is 5.11 Å². The van der Waals surface area contributed by atoms with E-state index in [1.807, 2.05) is 0 Å². The maximum atomic E-state index is 12.4. The topological polar surface area (TPSA) is 117 Å². The number of hydrogen-bond acceptors (Lipinski definition) is 5. The lowest BCUT2D eigenvalue weighted by molar-refractivity contribution is -0.141. The van der Waals surface area contributed by atoms with Gasteiger partial charge in [-0.3, -0.25) is 14.6 Å². The van der Waals surface area contributed by atoms with Gasteiger partial charge in [0.2, 0.25) is 15.9 Å². The van der Waals surface area contributed by atoms with Crippen LogP contribution in [0.2, 0.25) is 0 Å².